The molecule has 0 aromatic heterocycles. The molecule has 0 atom stereocenters. The van der Waals surface area contributed by atoms with Gasteiger partial charge < -0.3 is 9.75 Å². The lowest BCUT2D eigenvalue weighted by molar-refractivity contribution is -0.109. The number of carbonyl (C=O) groups excluding carboxylic acids is 1. The molecular formula is C24H28F2N4O2. The molecule has 0 aliphatic heterocycles. The first-order valence-corrected chi connectivity index (χ1v) is 9.85. The quantitative estimate of drug-likeness (QED) is 0.232. The number of halogens is 2. The molecule has 0 saturated heterocycles. The minimum absolute atomic E-state index is 0.369. The molecule has 0 saturated carbocycles. The molecule has 0 bridgehead atoms. The van der Waals surface area contributed by atoms with E-state index in [0.717, 1.165) is 45.3 Å². The summed E-state index contributed by atoms with van der Waals surface area (Å²) in [5.74, 6) is 9.90. The molecule has 0 unspecified atom stereocenters. The molecule has 170 valence electrons. The highest BCUT2D eigenvalue weighted by Crippen LogP contribution is 2.33. The number of benzene rings is 3. The lowest BCUT2D eigenvalue weighted by Gasteiger charge is -2.20. The molecule has 32 heavy (non-hydrogen) atoms. The SMILES string of the molecule is Cc1cc(-c2ccc(F)cc2F)c(C)cc1OCc1c(C)cccc1N(C)N.NNC=O. The van der Waals surface area contributed by atoms with E-state index in [1.54, 1.807) is 17.5 Å². The number of ether oxygens (including phenoxy) is 1. The maximum atomic E-state index is 14.2. The molecule has 3 aromatic carbocycles. The lowest BCUT2D eigenvalue weighted by Crippen LogP contribution is -2.26. The molecule has 0 aliphatic rings. The van der Waals surface area contributed by atoms with Crippen LogP contribution in [0.3, 0.4) is 0 Å². The first-order chi connectivity index (χ1) is 15.2. The number of hydrogen-bond acceptors (Lipinski definition) is 5. The first kappa shape index (κ1) is 24.8. The van der Waals surface area contributed by atoms with E-state index in [9.17, 15) is 8.78 Å². The summed E-state index contributed by atoms with van der Waals surface area (Å²) >= 11 is 0. The highest BCUT2D eigenvalue weighted by Gasteiger charge is 2.14. The van der Waals surface area contributed by atoms with E-state index in [0.29, 0.717) is 18.6 Å². The summed E-state index contributed by atoms with van der Waals surface area (Å²) < 4.78 is 33.5. The molecule has 0 aliphatic carbocycles. The smallest absolute Gasteiger partial charge is 0.221 e. The van der Waals surface area contributed by atoms with Crippen molar-refractivity contribution in [1.29, 1.82) is 0 Å². The van der Waals surface area contributed by atoms with Crippen molar-refractivity contribution in [2.75, 3.05) is 12.1 Å². The number of hydrogen-bond donors (Lipinski definition) is 3. The zero-order valence-electron chi connectivity index (χ0n) is 18.6. The van der Waals surface area contributed by atoms with Crippen LogP contribution in [0.5, 0.6) is 5.75 Å². The number of carbonyl (C=O) groups is 1. The second-order valence-electron chi connectivity index (χ2n) is 7.31. The fourth-order valence-corrected chi connectivity index (χ4v) is 3.30. The number of nitrogens with zero attached hydrogens (tertiary/aromatic N) is 1. The summed E-state index contributed by atoms with van der Waals surface area (Å²) in [6.45, 7) is 6.18. The van der Waals surface area contributed by atoms with Crippen molar-refractivity contribution in [3.05, 3.63) is 82.4 Å². The topological polar surface area (TPSA) is 93.6 Å². The van der Waals surface area contributed by atoms with Gasteiger partial charge in [-0.15, -0.1) is 0 Å². The highest BCUT2D eigenvalue weighted by atomic mass is 19.1. The van der Waals surface area contributed by atoms with E-state index in [2.05, 4.69) is 5.84 Å². The predicted octanol–water partition coefficient (Wildman–Crippen LogP) is 4.05. The minimum atomic E-state index is -0.588. The third-order valence-corrected chi connectivity index (χ3v) is 4.95. The van der Waals surface area contributed by atoms with Crippen molar-refractivity contribution in [1.82, 2.24) is 5.43 Å². The fourth-order valence-electron chi connectivity index (χ4n) is 3.30. The Hall–Kier alpha value is -3.49. The third-order valence-electron chi connectivity index (χ3n) is 4.95. The number of nitrogens with one attached hydrogen (secondary N) is 1. The van der Waals surface area contributed by atoms with Gasteiger partial charge in [0.15, 0.2) is 0 Å². The van der Waals surface area contributed by atoms with E-state index in [1.807, 2.05) is 51.1 Å². The standard InChI is InChI=1S/C23H24F2N2O.CH4N2O/c1-14-6-5-7-22(27(4)26)20(14)13-28-23-11-15(2)19(10-16(23)3)18-9-8-17(24)12-21(18)25;2-3-1-4/h5-12H,13,26H2,1-4H3;1H,2H2,(H,3,4). The molecule has 8 heteroatoms. The van der Waals surface area contributed by atoms with Gasteiger partial charge in [0.2, 0.25) is 6.41 Å². The summed E-state index contributed by atoms with van der Waals surface area (Å²) in [5, 5.41) is 1.57. The van der Waals surface area contributed by atoms with Crippen LogP contribution in [-0.2, 0) is 11.4 Å². The second-order valence-corrected chi connectivity index (χ2v) is 7.31. The molecule has 5 N–H and O–H groups in total. The number of aryl methyl sites for hydroxylation is 3. The van der Waals surface area contributed by atoms with Crippen molar-refractivity contribution >= 4 is 12.1 Å². The van der Waals surface area contributed by atoms with Crippen LogP contribution in [0.4, 0.5) is 14.5 Å². The summed E-state index contributed by atoms with van der Waals surface area (Å²) in [6.07, 6.45) is 0.403. The van der Waals surface area contributed by atoms with Crippen LogP contribution in [0.2, 0.25) is 0 Å². The van der Waals surface area contributed by atoms with Crippen molar-refractivity contribution < 1.29 is 18.3 Å². The van der Waals surface area contributed by atoms with Crippen molar-refractivity contribution in [3.63, 3.8) is 0 Å². The van der Waals surface area contributed by atoms with E-state index in [4.69, 9.17) is 15.4 Å². The van der Waals surface area contributed by atoms with Gasteiger partial charge in [-0.3, -0.25) is 10.2 Å². The third kappa shape index (κ3) is 6.03. The second kappa shape index (κ2) is 11.2. The Bertz CT molecular complexity index is 1090. The Kier molecular flexibility index (Phi) is 8.69. The lowest BCUT2D eigenvalue weighted by atomic mass is 9.97. The van der Waals surface area contributed by atoms with Crippen LogP contribution in [0, 0.1) is 32.4 Å². The molecular weight excluding hydrogens is 414 g/mol. The molecule has 0 fully saturated rings. The van der Waals surface area contributed by atoms with Gasteiger partial charge in [0, 0.05) is 24.2 Å². The molecule has 0 radical (unpaired) electrons. The Labute approximate surface area is 186 Å². The van der Waals surface area contributed by atoms with Crippen LogP contribution < -0.4 is 26.9 Å². The molecule has 3 aromatic rings. The van der Waals surface area contributed by atoms with E-state index < -0.39 is 11.6 Å². The summed E-state index contributed by atoms with van der Waals surface area (Å²) in [6, 6.07) is 13.3. The van der Waals surface area contributed by atoms with Crippen LogP contribution in [0.15, 0.2) is 48.5 Å². The van der Waals surface area contributed by atoms with Crippen LogP contribution in [0.1, 0.15) is 22.3 Å². The average molecular weight is 443 g/mol. The van der Waals surface area contributed by atoms with Crippen LogP contribution in [-0.4, -0.2) is 13.5 Å². The number of hydrazine groups is 2. The average Bonchev–Trinajstić information content (AvgIpc) is 2.75. The van der Waals surface area contributed by atoms with Gasteiger partial charge in [0.05, 0.1) is 5.69 Å². The molecule has 1 amide bonds. The summed E-state index contributed by atoms with van der Waals surface area (Å²) in [7, 11) is 1.79. The van der Waals surface area contributed by atoms with Gasteiger partial charge in [-0.2, -0.15) is 0 Å². The number of rotatable bonds is 6. The van der Waals surface area contributed by atoms with Gasteiger partial charge in [0.25, 0.3) is 0 Å². The minimum Gasteiger partial charge on any atom is -0.489 e. The Morgan fingerprint density at radius 2 is 1.69 bits per heavy atom. The highest BCUT2D eigenvalue weighted by molar-refractivity contribution is 5.70. The van der Waals surface area contributed by atoms with E-state index in [1.165, 1.54) is 12.1 Å². The molecule has 0 heterocycles. The Morgan fingerprint density at radius 3 is 2.28 bits per heavy atom. The normalized spacial score (nSPS) is 10.1. The Morgan fingerprint density at radius 1 is 1.00 bits per heavy atom. The number of nitrogens with two attached hydrogens (primary N) is 2. The zero-order chi connectivity index (χ0) is 23.8. The fraction of sp³-hybridized carbons (Fsp3) is 0.208. The maximum Gasteiger partial charge on any atom is 0.221 e. The summed E-state index contributed by atoms with van der Waals surface area (Å²) in [5.41, 5.74) is 7.58. The molecule has 0 spiro atoms. The van der Waals surface area contributed by atoms with Crippen molar-refractivity contribution in [3.8, 4) is 16.9 Å². The predicted molar refractivity (Wildman–Crippen MR) is 123 cm³/mol. The van der Waals surface area contributed by atoms with Gasteiger partial charge in [-0.05, 0) is 73.4 Å². The summed E-state index contributed by atoms with van der Waals surface area (Å²) in [4.78, 5) is 8.94. The number of anilines is 1. The van der Waals surface area contributed by atoms with Crippen LogP contribution in [0.25, 0.3) is 11.1 Å². The van der Waals surface area contributed by atoms with Gasteiger partial charge in [-0.25, -0.2) is 20.5 Å². The largest absolute Gasteiger partial charge is 0.489 e. The maximum absolute atomic E-state index is 14.2. The van der Waals surface area contributed by atoms with Gasteiger partial charge in [0.1, 0.15) is 24.0 Å². The van der Waals surface area contributed by atoms with E-state index >= 15 is 0 Å². The van der Waals surface area contributed by atoms with Gasteiger partial charge in [-0.1, -0.05) is 12.1 Å². The molecule has 6 nitrogen and oxygen atoms in total. The van der Waals surface area contributed by atoms with Gasteiger partial charge >= 0.3 is 0 Å². The van der Waals surface area contributed by atoms with Crippen molar-refractivity contribution in [2.24, 2.45) is 11.7 Å². The molecule has 3 rings (SSSR count). The van der Waals surface area contributed by atoms with E-state index in [-0.39, 0.29) is 0 Å². The first-order valence-electron chi connectivity index (χ1n) is 9.85. The van der Waals surface area contributed by atoms with Crippen LogP contribution >= 0.6 is 0 Å². The van der Waals surface area contributed by atoms with Crippen molar-refractivity contribution in [2.45, 2.75) is 27.4 Å². The zero-order valence-corrected chi connectivity index (χ0v) is 18.6. The monoisotopic (exact) mass is 442 g/mol. The number of amides is 1. The Balaban J connectivity index is 0.000000837.